The summed E-state index contributed by atoms with van der Waals surface area (Å²) >= 11 is 0. The molecular formula is C14H19NO5. The van der Waals surface area contributed by atoms with Crippen LogP contribution in [-0.2, 0) is 9.59 Å². The van der Waals surface area contributed by atoms with Gasteiger partial charge in [0, 0.05) is 12.5 Å². The Morgan fingerprint density at radius 3 is 2.70 bits per heavy atom. The Morgan fingerprint density at radius 2 is 2.05 bits per heavy atom. The molecule has 110 valence electrons. The summed E-state index contributed by atoms with van der Waals surface area (Å²) < 4.78 is 5.19. The summed E-state index contributed by atoms with van der Waals surface area (Å²) in [4.78, 5) is 22.0. The van der Waals surface area contributed by atoms with E-state index in [2.05, 4.69) is 5.32 Å². The molecule has 1 aromatic rings. The summed E-state index contributed by atoms with van der Waals surface area (Å²) in [7, 11) is 0. The predicted octanol–water partition coefficient (Wildman–Crippen LogP) is 1.53. The first-order valence-corrected chi connectivity index (χ1v) is 6.41. The third-order valence-electron chi connectivity index (χ3n) is 2.66. The van der Waals surface area contributed by atoms with Crippen LogP contribution >= 0.6 is 0 Å². The second-order valence-corrected chi connectivity index (χ2v) is 4.51. The summed E-state index contributed by atoms with van der Waals surface area (Å²) in [5.41, 5.74) is 0. The van der Waals surface area contributed by atoms with E-state index in [4.69, 9.17) is 9.84 Å². The molecule has 6 heteroatoms. The van der Waals surface area contributed by atoms with Gasteiger partial charge < -0.3 is 20.3 Å². The molecule has 0 radical (unpaired) electrons. The van der Waals surface area contributed by atoms with E-state index >= 15 is 0 Å². The second kappa shape index (κ2) is 8.04. The molecule has 1 rings (SSSR count). The minimum atomic E-state index is -0.841. The number of rotatable bonds is 8. The lowest BCUT2D eigenvalue weighted by Crippen LogP contribution is -2.36. The number of carboxylic acids is 1. The maximum Gasteiger partial charge on any atom is 0.303 e. The van der Waals surface area contributed by atoms with Gasteiger partial charge in [0.15, 0.2) is 18.1 Å². The number of aliphatic carboxylic acids is 1. The Balaban J connectivity index is 2.26. The number of phenolic OH excluding ortho intramolecular Hbond substituents is 1. The third kappa shape index (κ3) is 6.08. The van der Waals surface area contributed by atoms with Crippen molar-refractivity contribution in [2.75, 3.05) is 6.61 Å². The van der Waals surface area contributed by atoms with Gasteiger partial charge in [-0.15, -0.1) is 0 Å². The quantitative estimate of drug-likeness (QED) is 0.671. The van der Waals surface area contributed by atoms with Crippen LogP contribution in [0.4, 0.5) is 0 Å². The summed E-state index contributed by atoms with van der Waals surface area (Å²) in [6, 6.07) is 6.28. The Morgan fingerprint density at radius 1 is 1.35 bits per heavy atom. The fourth-order valence-corrected chi connectivity index (χ4v) is 1.67. The maximum atomic E-state index is 11.6. The van der Waals surface area contributed by atoms with E-state index in [-0.39, 0.29) is 36.5 Å². The highest BCUT2D eigenvalue weighted by molar-refractivity contribution is 5.77. The van der Waals surface area contributed by atoms with Gasteiger partial charge in [-0.25, -0.2) is 0 Å². The average Bonchev–Trinajstić information content (AvgIpc) is 2.37. The van der Waals surface area contributed by atoms with Gasteiger partial charge in [-0.2, -0.15) is 0 Å². The molecule has 0 aromatic heterocycles. The predicted molar refractivity (Wildman–Crippen MR) is 72.7 cm³/mol. The largest absolute Gasteiger partial charge is 0.504 e. The molecule has 0 aliphatic heterocycles. The Kier molecular flexibility index (Phi) is 6.36. The molecule has 0 bridgehead atoms. The number of amides is 1. The topological polar surface area (TPSA) is 95.9 Å². The van der Waals surface area contributed by atoms with E-state index < -0.39 is 5.97 Å². The molecule has 6 nitrogen and oxygen atoms in total. The zero-order valence-corrected chi connectivity index (χ0v) is 11.3. The number of phenols is 1. The molecule has 0 aliphatic rings. The average molecular weight is 281 g/mol. The molecule has 0 aliphatic carbocycles. The van der Waals surface area contributed by atoms with Crippen LogP contribution in [0.15, 0.2) is 24.3 Å². The number of benzene rings is 1. The number of carbonyl (C=O) groups excluding carboxylic acids is 1. The molecule has 0 saturated carbocycles. The standard InChI is InChI=1S/C14H19NO5/c1-10(5-4-8-14(18)19)15-13(17)9-20-12-7-3-2-6-11(12)16/h2-3,6-7,10,16H,4-5,8-9H2,1H3,(H,15,17)(H,18,19). The Hall–Kier alpha value is -2.24. The van der Waals surface area contributed by atoms with Gasteiger partial charge in [-0.3, -0.25) is 9.59 Å². The summed E-state index contributed by atoms with van der Waals surface area (Å²) in [6.07, 6.45) is 1.19. The van der Waals surface area contributed by atoms with Crippen molar-refractivity contribution in [1.82, 2.24) is 5.32 Å². The Labute approximate surface area is 117 Å². The van der Waals surface area contributed by atoms with Crippen LogP contribution < -0.4 is 10.1 Å². The van der Waals surface area contributed by atoms with Crippen molar-refractivity contribution in [3.05, 3.63) is 24.3 Å². The lowest BCUT2D eigenvalue weighted by Gasteiger charge is -2.14. The summed E-state index contributed by atoms with van der Waals surface area (Å²) in [6.45, 7) is 1.61. The lowest BCUT2D eigenvalue weighted by atomic mass is 10.1. The summed E-state index contributed by atoms with van der Waals surface area (Å²) in [5.74, 6) is -0.918. The maximum absolute atomic E-state index is 11.6. The number of para-hydroxylation sites is 2. The fraction of sp³-hybridized carbons (Fsp3) is 0.429. The number of carboxylic acid groups (broad SMARTS) is 1. The highest BCUT2D eigenvalue weighted by Gasteiger charge is 2.10. The van der Waals surface area contributed by atoms with Crippen LogP contribution in [0.5, 0.6) is 11.5 Å². The molecule has 20 heavy (non-hydrogen) atoms. The summed E-state index contributed by atoms with van der Waals surface area (Å²) in [5, 5.41) is 20.7. The van der Waals surface area contributed by atoms with Crippen LogP contribution in [0.1, 0.15) is 26.2 Å². The smallest absolute Gasteiger partial charge is 0.303 e. The van der Waals surface area contributed by atoms with Crippen molar-refractivity contribution in [3.8, 4) is 11.5 Å². The van der Waals surface area contributed by atoms with Gasteiger partial charge in [-0.05, 0) is 31.9 Å². The number of carbonyl (C=O) groups is 2. The van der Waals surface area contributed by atoms with E-state index in [1.807, 2.05) is 0 Å². The molecule has 0 heterocycles. The SMILES string of the molecule is CC(CCCC(=O)O)NC(=O)COc1ccccc1O. The minimum Gasteiger partial charge on any atom is -0.504 e. The van der Waals surface area contributed by atoms with Crippen molar-refractivity contribution < 1.29 is 24.5 Å². The molecule has 1 unspecified atom stereocenters. The molecule has 3 N–H and O–H groups in total. The normalized spacial score (nSPS) is 11.7. The highest BCUT2D eigenvalue weighted by atomic mass is 16.5. The van der Waals surface area contributed by atoms with Crippen LogP contribution in [0, 0.1) is 0 Å². The molecule has 1 amide bonds. The molecule has 1 aromatic carbocycles. The molecule has 0 fully saturated rings. The second-order valence-electron chi connectivity index (χ2n) is 4.51. The van der Waals surface area contributed by atoms with Crippen molar-refractivity contribution in [1.29, 1.82) is 0 Å². The van der Waals surface area contributed by atoms with Gasteiger partial charge in [0.2, 0.25) is 0 Å². The van der Waals surface area contributed by atoms with Crippen molar-refractivity contribution >= 4 is 11.9 Å². The van der Waals surface area contributed by atoms with Gasteiger partial charge in [0.05, 0.1) is 0 Å². The monoisotopic (exact) mass is 281 g/mol. The number of nitrogens with one attached hydrogen (secondary N) is 1. The van der Waals surface area contributed by atoms with Gasteiger partial charge in [-0.1, -0.05) is 12.1 Å². The number of hydrogen-bond donors (Lipinski definition) is 3. The molecule has 1 atom stereocenters. The van der Waals surface area contributed by atoms with Crippen molar-refractivity contribution in [2.45, 2.75) is 32.2 Å². The number of aromatic hydroxyl groups is 1. The first-order valence-electron chi connectivity index (χ1n) is 6.41. The zero-order chi connectivity index (χ0) is 15.0. The Bertz CT molecular complexity index is 461. The van der Waals surface area contributed by atoms with E-state index in [1.54, 1.807) is 25.1 Å². The van der Waals surface area contributed by atoms with E-state index in [9.17, 15) is 14.7 Å². The van der Waals surface area contributed by atoms with Crippen LogP contribution in [0.25, 0.3) is 0 Å². The first-order chi connectivity index (χ1) is 9.49. The van der Waals surface area contributed by atoms with Crippen LogP contribution in [-0.4, -0.2) is 34.7 Å². The van der Waals surface area contributed by atoms with Gasteiger partial charge in [0.1, 0.15) is 0 Å². The van der Waals surface area contributed by atoms with E-state index in [0.717, 1.165) is 0 Å². The van der Waals surface area contributed by atoms with E-state index in [0.29, 0.717) is 12.8 Å². The number of ether oxygens (including phenoxy) is 1. The molecule has 0 saturated heterocycles. The first kappa shape index (κ1) is 15.8. The van der Waals surface area contributed by atoms with E-state index in [1.165, 1.54) is 6.07 Å². The zero-order valence-electron chi connectivity index (χ0n) is 11.3. The van der Waals surface area contributed by atoms with Crippen molar-refractivity contribution in [2.24, 2.45) is 0 Å². The third-order valence-corrected chi connectivity index (χ3v) is 2.66. The molecular weight excluding hydrogens is 262 g/mol. The van der Waals surface area contributed by atoms with Gasteiger partial charge >= 0.3 is 5.97 Å². The van der Waals surface area contributed by atoms with Gasteiger partial charge in [0.25, 0.3) is 5.91 Å². The lowest BCUT2D eigenvalue weighted by molar-refractivity contribution is -0.137. The number of hydrogen-bond acceptors (Lipinski definition) is 4. The van der Waals surface area contributed by atoms with Crippen LogP contribution in [0.2, 0.25) is 0 Å². The van der Waals surface area contributed by atoms with Crippen LogP contribution in [0.3, 0.4) is 0 Å². The van der Waals surface area contributed by atoms with Crippen molar-refractivity contribution in [3.63, 3.8) is 0 Å². The molecule has 0 spiro atoms. The highest BCUT2D eigenvalue weighted by Crippen LogP contribution is 2.23. The fourth-order valence-electron chi connectivity index (χ4n) is 1.67. The minimum absolute atomic E-state index is 0.0187.